The predicted octanol–water partition coefficient (Wildman–Crippen LogP) is 3.12. The minimum atomic E-state index is -4.86. The molecule has 1 heterocycles. The van der Waals surface area contributed by atoms with Gasteiger partial charge in [-0.15, -0.1) is 13.2 Å². The molecular weight excluding hydrogens is 425 g/mol. The molecule has 6 nitrogen and oxygen atoms in total. The topological polar surface area (TPSA) is 79.5 Å². The highest BCUT2D eigenvalue weighted by molar-refractivity contribution is 5.90. The van der Waals surface area contributed by atoms with E-state index in [-0.39, 0.29) is 18.5 Å². The van der Waals surface area contributed by atoms with Crippen molar-refractivity contribution < 1.29 is 36.3 Å². The summed E-state index contributed by atoms with van der Waals surface area (Å²) in [5, 5.41) is 7.53. The summed E-state index contributed by atoms with van der Waals surface area (Å²) >= 11 is 0. The molecule has 1 saturated heterocycles. The van der Waals surface area contributed by atoms with Crippen molar-refractivity contribution in [1.29, 1.82) is 0 Å². The number of carbonyl (C=O) groups excluding carboxylic acids is 2. The molecule has 1 aliphatic carbocycles. The Bertz CT molecular complexity index is 1020. The normalized spacial score (nSPS) is 20.0. The second-order valence-corrected chi connectivity index (χ2v) is 7.26. The molecule has 3 amide bonds. The zero-order valence-corrected chi connectivity index (χ0v) is 15.7. The number of alkyl halides is 5. The SMILES string of the molecule is O=C1NC[C@@H](C(=O)N[C@@H](c2ccc(OC(F)(F)F)cc2)c2ccc3c(c2)C(F)(F)C3)N1. The highest BCUT2D eigenvalue weighted by Crippen LogP contribution is 2.45. The second kappa shape index (κ2) is 7.40. The molecule has 164 valence electrons. The minimum Gasteiger partial charge on any atom is -0.406 e. The van der Waals surface area contributed by atoms with E-state index in [1.54, 1.807) is 6.07 Å². The molecule has 0 spiro atoms. The number of benzene rings is 2. The van der Waals surface area contributed by atoms with Crippen LogP contribution in [-0.2, 0) is 17.1 Å². The molecule has 2 aromatic carbocycles. The molecule has 3 N–H and O–H groups in total. The summed E-state index contributed by atoms with van der Waals surface area (Å²) < 4.78 is 68.8. The third-order valence-corrected chi connectivity index (χ3v) is 5.10. The first-order chi connectivity index (χ1) is 14.5. The Balaban J connectivity index is 1.64. The van der Waals surface area contributed by atoms with Crippen LogP contribution >= 0.6 is 0 Å². The van der Waals surface area contributed by atoms with Crippen molar-refractivity contribution in [3.8, 4) is 5.75 Å². The molecule has 2 atom stereocenters. The molecular formula is C20H16F5N3O3. The first-order valence-electron chi connectivity index (χ1n) is 9.23. The summed E-state index contributed by atoms with van der Waals surface area (Å²) in [4.78, 5) is 23.9. The van der Waals surface area contributed by atoms with E-state index in [0.29, 0.717) is 16.7 Å². The molecule has 1 fully saturated rings. The Labute approximate surface area is 172 Å². The van der Waals surface area contributed by atoms with Gasteiger partial charge in [0.1, 0.15) is 11.8 Å². The zero-order chi connectivity index (χ0) is 22.4. The van der Waals surface area contributed by atoms with Crippen LogP contribution in [0, 0.1) is 0 Å². The van der Waals surface area contributed by atoms with Crippen molar-refractivity contribution in [2.75, 3.05) is 6.54 Å². The number of urea groups is 1. The van der Waals surface area contributed by atoms with E-state index in [0.717, 1.165) is 12.1 Å². The molecule has 0 bridgehead atoms. The van der Waals surface area contributed by atoms with Gasteiger partial charge in [0.15, 0.2) is 0 Å². The van der Waals surface area contributed by atoms with Crippen molar-refractivity contribution in [3.63, 3.8) is 0 Å². The maximum absolute atomic E-state index is 13.9. The fraction of sp³-hybridized carbons (Fsp3) is 0.300. The summed E-state index contributed by atoms with van der Waals surface area (Å²) in [5.74, 6) is -4.01. The van der Waals surface area contributed by atoms with Crippen molar-refractivity contribution in [2.45, 2.75) is 30.8 Å². The first kappa shape index (κ1) is 20.9. The fourth-order valence-corrected chi connectivity index (χ4v) is 3.57. The standard InChI is InChI=1S/C20H16F5N3O3/c21-19(22)8-12-2-1-11(7-14(12)19)16(28-17(29)15-9-26-18(30)27-15)10-3-5-13(6-4-10)31-20(23,24)25/h1-7,15-16H,8-9H2,(H,28,29)(H2,26,27,30)/t15-,16-/m0/s1. The number of amides is 3. The first-order valence-corrected chi connectivity index (χ1v) is 9.23. The van der Waals surface area contributed by atoms with Gasteiger partial charge in [0.25, 0.3) is 5.92 Å². The Kier molecular flexibility index (Phi) is 4.98. The summed E-state index contributed by atoms with van der Waals surface area (Å²) in [7, 11) is 0. The molecule has 1 aliphatic heterocycles. The molecule has 31 heavy (non-hydrogen) atoms. The molecule has 2 aromatic rings. The molecule has 0 unspecified atom stereocenters. The minimum absolute atomic E-state index is 0.0397. The molecule has 4 rings (SSSR count). The average molecular weight is 441 g/mol. The molecule has 2 aliphatic rings. The van der Waals surface area contributed by atoms with Crippen LogP contribution in [0.4, 0.5) is 26.7 Å². The molecule has 0 aromatic heterocycles. The van der Waals surface area contributed by atoms with Crippen molar-refractivity contribution in [2.24, 2.45) is 0 Å². The van der Waals surface area contributed by atoms with Gasteiger partial charge in [-0.3, -0.25) is 4.79 Å². The third kappa shape index (κ3) is 4.39. The number of ether oxygens (including phenoxy) is 1. The van der Waals surface area contributed by atoms with Gasteiger partial charge in [0, 0.05) is 18.5 Å². The number of carbonyl (C=O) groups is 2. The van der Waals surface area contributed by atoms with Crippen LogP contribution in [-0.4, -0.2) is 30.9 Å². The van der Waals surface area contributed by atoms with Gasteiger partial charge in [-0.1, -0.05) is 24.3 Å². The smallest absolute Gasteiger partial charge is 0.406 e. The lowest BCUT2D eigenvalue weighted by atomic mass is 9.81. The lowest BCUT2D eigenvalue weighted by molar-refractivity contribution is -0.274. The van der Waals surface area contributed by atoms with Gasteiger partial charge >= 0.3 is 12.4 Å². The van der Waals surface area contributed by atoms with E-state index in [2.05, 4.69) is 20.7 Å². The van der Waals surface area contributed by atoms with Crippen LogP contribution in [0.1, 0.15) is 28.3 Å². The van der Waals surface area contributed by atoms with Crippen LogP contribution < -0.4 is 20.7 Å². The summed E-state index contributed by atoms with van der Waals surface area (Å²) in [5.41, 5.74) is 1.01. The summed E-state index contributed by atoms with van der Waals surface area (Å²) in [6.45, 7) is 0.0397. The van der Waals surface area contributed by atoms with Crippen LogP contribution in [0.2, 0.25) is 0 Å². The summed E-state index contributed by atoms with van der Waals surface area (Å²) in [6, 6.07) is 6.77. The van der Waals surface area contributed by atoms with Gasteiger partial charge in [-0.05, 0) is 34.9 Å². The van der Waals surface area contributed by atoms with Gasteiger partial charge in [0.05, 0.1) is 6.04 Å². The number of rotatable bonds is 5. The number of nitrogens with one attached hydrogen (secondary N) is 3. The largest absolute Gasteiger partial charge is 0.573 e. The van der Waals surface area contributed by atoms with E-state index in [9.17, 15) is 31.5 Å². The van der Waals surface area contributed by atoms with E-state index < -0.39 is 42.1 Å². The van der Waals surface area contributed by atoms with Crippen molar-refractivity contribution in [3.05, 3.63) is 64.7 Å². The lowest BCUT2D eigenvalue weighted by Crippen LogP contribution is -2.44. The van der Waals surface area contributed by atoms with Gasteiger partial charge in [0.2, 0.25) is 5.91 Å². The molecule has 0 radical (unpaired) electrons. The maximum atomic E-state index is 13.9. The highest BCUT2D eigenvalue weighted by atomic mass is 19.4. The van der Waals surface area contributed by atoms with E-state index in [1.165, 1.54) is 24.3 Å². The fourth-order valence-electron chi connectivity index (χ4n) is 3.57. The van der Waals surface area contributed by atoms with Crippen LogP contribution in [0.15, 0.2) is 42.5 Å². The van der Waals surface area contributed by atoms with Crippen molar-refractivity contribution in [1.82, 2.24) is 16.0 Å². The third-order valence-electron chi connectivity index (χ3n) is 5.10. The Hall–Kier alpha value is -3.37. The average Bonchev–Trinajstić information content (AvgIpc) is 3.12. The van der Waals surface area contributed by atoms with Crippen LogP contribution in [0.3, 0.4) is 0 Å². The number of hydrogen-bond donors (Lipinski definition) is 3. The Morgan fingerprint density at radius 3 is 2.39 bits per heavy atom. The highest BCUT2D eigenvalue weighted by Gasteiger charge is 2.44. The Morgan fingerprint density at radius 1 is 1.13 bits per heavy atom. The number of hydrogen-bond acceptors (Lipinski definition) is 3. The Morgan fingerprint density at radius 2 is 1.81 bits per heavy atom. The van der Waals surface area contributed by atoms with Crippen LogP contribution in [0.25, 0.3) is 0 Å². The van der Waals surface area contributed by atoms with Crippen LogP contribution in [0.5, 0.6) is 5.75 Å². The van der Waals surface area contributed by atoms with Crippen molar-refractivity contribution >= 4 is 11.9 Å². The number of fused-ring (bicyclic) bond motifs is 1. The maximum Gasteiger partial charge on any atom is 0.573 e. The quantitative estimate of drug-likeness (QED) is 0.624. The van der Waals surface area contributed by atoms with Gasteiger partial charge in [-0.25, -0.2) is 13.6 Å². The van der Waals surface area contributed by atoms with E-state index >= 15 is 0 Å². The van der Waals surface area contributed by atoms with Gasteiger partial charge in [-0.2, -0.15) is 0 Å². The van der Waals surface area contributed by atoms with Gasteiger partial charge < -0.3 is 20.7 Å². The number of halogens is 5. The zero-order valence-electron chi connectivity index (χ0n) is 15.7. The monoisotopic (exact) mass is 441 g/mol. The van der Waals surface area contributed by atoms with E-state index in [1.807, 2.05) is 0 Å². The second-order valence-electron chi connectivity index (χ2n) is 7.26. The van der Waals surface area contributed by atoms with E-state index in [4.69, 9.17) is 0 Å². The molecule has 0 saturated carbocycles. The predicted molar refractivity (Wildman–Crippen MR) is 97.5 cm³/mol. The molecule has 11 heteroatoms. The lowest BCUT2D eigenvalue weighted by Gasteiger charge is -2.31. The summed E-state index contributed by atoms with van der Waals surface area (Å²) in [6.07, 6.45) is -5.24.